The van der Waals surface area contributed by atoms with Crippen LogP contribution in [0, 0.1) is 5.41 Å². The largest absolute Gasteiger partial charge is 0.329 e. The van der Waals surface area contributed by atoms with Gasteiger partial charge in [0.1, 0.15) is 5.78 Å². The van der Waals surface area contributed by atoms with Crippen LogP contribution in [0.4, 0.5) is 0 Å². The van der Waals surface area contributed by atoms with E-state index in [1.807, 2.05) is 12.1 Å². The molecule has 0 radical (unpaired) electrons. The van der Waals surface area contributed by atoms with Crippen molar-refractivity contribution in [3.8, 4) is 0 Å². The molecular weight excluding hydrogens is 176 g/mol. The van der Waals surface area contributed by atoms with Gasteiger partial charge in [0.25, 0.3) is 0 Å². The third kappa shape index (κ3) is 1.68. The summed E-state index contributed by atoms with van der Waals surface area (Å²) in [6.45, 7) is 0.492. The first kappa shape index (κ1) is 9.34. The van der Waals surface area contributed by atoms with Gasteiger partial charge < -0.3 is 5.73 Å². The van der Waals surface area contributed by atoms with E-state index in [0.29, 0.717) is 13.0 Å². The van der Waals surface area contributed by atoms with Gasteiger partial charge in [-0.15, -0.1) is 0 Å². The summed E-state index contributed by atoms with van der Waals surface area (Å²) in [5.41, 5.74) is 6.39. The minimum atomic E-state index is -0.185. The Hall–Kier alpha value is -1.22. The molecule has 2 N–H and O–H groups in total. The summed E-state index contributed by atoms with van der Waals surface area (Å²) in [4.78, 5) is 15.8. The number of Topliss-reactive ketones (excluding diaryl/α,β-unsaturated/α-hetero) is 1. The van der Waals surface area contributed by atoms with Crippen LogP contribution < -0.4 is 5.73 Å². The molecule has 2 rings (SSSR count). The Morgan fingerprint density at radius 1 is 1.57 bits per heavy atom. The van der Waals surface area contributed by atoms with Crippen LogP contribution in [-0.2, 0) is 11.2 Å². The Morgan fingerprint density at radius 3 is 2.86 bits per heavy atom. The zero-order valence-electron chi connectivity index (χ0n) is 8.07. The number of carbonyl (C=O) groups excluding carboxylic acids is 1. The van der Waals surface area contributed by atoms with Gasteiger partial charge >= 0.3 is 0 Å². The normalized spacial score (nSPS) is 17.8. The molecule has 74 valence electrons. The number of nitrogens with two attached hydrogens (primary N) is 1. The molecule has 0 aliphatic heterocycles. The number of carbonyl (C=O) groups is 1. The topological polar surface area (TPSA) is 56.0 Å². The van der Waals surface area contributed by atoms with E-state index in [2.05, 4.69) is 4.98 Å². The summed E-state index contributed by atoms with van der Waals surface area (Å²) in [5, 5.41) is 0. The number of nitrogens with zero attached hydrogens (tertiary/aromatic N) is 1. The van der Waals surface area contributed by atoms with E-state index in [1.165, 1.54) is 0 Å². The average molecular weight is 190 g/mol. The van der Waals surface area contributed by atoms with Crippen LogP contribution in [0.1, 0.15) is 18.4 Å². The number of hydrogen-bond donors (Lipinski definition) is 1. The predicted molar refractivity (Wildman–Crippen MR) is 53.7 cm³/mol. The summed E-state index contributed by atoms with van der Waals surface area (Å²) in [5.74, 6) is 0.271. The molecule has 3 nitrogen and oxygen atoms in total. The minimum absolute atomic E-state index is 0.185. The lowest BCUT2D eigenvalue weighted by Gasteiger charge is -2.09. The fraction of sp³-hybridized carbons (Fsp3) is 0.455. The van der Waals surface area contributed by atoms with Crippen molar-refractivity contribution in [1.82, 2.24) is 4.98 Å². The van der Waals surface area contributed by atoms with Crippen LogP contribution in [-0.4, -0.2) is 17.3 Å². The first-order chi connectivity index (χ1) is 6.77. The smallest absolute Gasteiger partial charge is 0.144 e. The van der Waals surface area contributed by atoms with Crippen molar-refractivity contribution < 1.29 is 4.79 Å². The lowest BCUT2D eigenvalue weighted by molar-refractivity contribution is -0.123. The second-order valence-electron chi connectivity index (χ2n) is 3.95. The van der Waals surface area contributed by atoms with Gasteiger partial charge in [-0.3, -0.25) is 9.78 Å². The molecule has 0 atom stereocenters. The highest BCUT2D eigenvalue weighted by Crippen LogP contribution is 2.45. The van der Waals surface area contributed by atoms with Gasteiger partial charge in [-0.05, 0) is 24.5 Å². The third-order valence-corrected chi connectivity index (χ3v) is 2.92. The molecule has 1 saturated carbocycles. The highest BCUT2D eigenvalue weighted by atomic mass is 16.1. The van der Waals surface area contributed by atoms with E-state index >= 15 is 0 Å². The molecular formula is C11H14N2O. The summed E-state index contributed by atoms with van der Waals surface area (Å²) < 4.78 is 0. The Bertz CT molecular complexity index is 330. The lowest BCUT2D eigenvalue weighted by Crippen LogP contribution is -2.26. The number of ketones is 1. The predicted octanol–water partition coefficient (Wildman–Crippen LogP) is 0.932. The summed E-state index contributed by atoms with van der Waals surface area (Å²) in [6, 6.07) is 3.78. The Balaban J connectivity index is 2.02. The van der Waals surface area contributed by atoms with E-state index in [4.69, 9.17) is 5.73 Å². The fourth-order valence-corrected chi connectivity index (χ4v) is 1.62. The van der Waals surface area contributed by atoms with Gasteiger partial charge in [0.05, 0.1) is 0 Å². The van der Waals surface area contributed by atoms with Crippen molar-refractivity contribution in [3.63, 3.8) is 0 Å². The molecule has 1 aliphatic carbocycles. The maximum atomic E-state index is 11.8. The monoisotopic (exact) mass is 190 g/mol. The third-order valence-electron chi connectivity index (χ3n) is 2.92. The zero-order chi connectivity index (χ0) is 10.0. The van der Waals surface area contributed by atoms with Crippen LogP contribution >= 0.6 is 0 Å². The van der Waals surface area contributed by atoms with Gasteiger partial charge in [-0.1, -0.05) is 6.07 Å². The van der Waals surface area contributed by atoms with Crippen molar-refractivity contribution in [1.29, 1.82) is 0 Å². The molecule has 1 fully saturated rings. The molecule has 0 amide bonds. The van der Waals surface area contributed by atoms with E-state index in [1.54, 1.807) is 12.4 Å². The van der Waals surface area contributed by atoms with Crippen LogP contribution in [0.15, 0.2) is 24.5 Å². The van der Waals surface area contributed by atoms with E-state index in [9.17, 15) is 4.79 Å². The van der Waals surface area contributed by atoms with Crippen molar-refractivity contribution in [2.24, 2.45) is 11.1 Å². The number of hydrogen-bond acceptors (Lipinski definition) is 3. The van der Waals surface area contributed by atoms with Gasteiger partial charge in [0.2, 0.25) is 0 Å². The lowest BCUT2D eigenvalue weighted by atomic mass is 9.96. The van der Waals surface area contributed by atoms with Crippen molar-refractivity contribution >= 4 is 5.78 Å². The van der Waals surface area contributed by atoms with E-state index < -0.39 is 0 Å². The molecule has 14 heavy (non-hydrogen) atoms. The van der Waals surface area contributed by atoms with Gasteiger partial charge in [0, 0.05) is 30.8 Å². The Morgan fingerprint density at radius 2 is 2.36 bits per heavy atom. The molecule has 1 aromatic rings. The number of rotatable bonds is 4. The quantitative estimate of drug-likeness (QED) is 0.768. The standard InChI is InChI=1S/C11H14N2O/c12-8-11(3-4-11)10(14)6-9-2-1-5-13-7-9/h1-2,5,7H,3-4,6,8,12H2. The van der Waals surface area contributed by atoms with Crippen LogP contribution in [0.2, 0.25) is 0 Å². The molecule has 1 aromatic heterocycles. The highest BCUT2D eigenvalue weighted by molar-refractivity contribution is 5.89. The molecule has 1 heterocycles. The van der Waals surface area contributed by atoms with E-state index in [-0.39, 0.29) is 11.2 Å². The second kappa shape index (κ2) is 3.50. The first-order valence-corrected chi connectivity index (χ1v) is 4.89. The summed E-state index contributed by atoms with van der Waals surface area (Å²) in [7, 11) is 0. The zero-order valence-corrected chi connectivity index (χ0v) is 8.07. The van der Waals surface area contributed by atoms with Crippen molar-refractivity contribution in [2.75, 3.05) is 6.54 Å². The molecule has 3 heteroatoms. The SMILES string of the molecule is NCC1(C(=O)Cc2cccnc2)CC1. The van der Waals surface area contributed by atoms with Gasteiger partial charge in [-0.2, -0.15) is 0 Å². The maximum absolute atomic E-state index is 11.8. The minimum Gasteiger partial charge on any atom is -0.329 e. The van der Waals surface area contributed by atoms with Crippen LogP contribution in [0.5, 0.6) is 0 Å². The molecule has 1 aliphatic rings. The van der Waals surface area contributed by atoms with Gasteiger partial charge in [-0.25, -0.2) is 0 Å². The number of pyridine rings is 1. The molecule has 0 unspecified atom stereocenters. The summed E-state index contributed by atoms with van der Waals surface area (Å²) in [6.07, 6.45) is 5.85. The molecule has 0 aromatic carbocycles. The second-order valence-corrected chi connectivity index (χ2v) is 3.95. The molecule has 0 saturated heterocycles. The first-order valence-electron chi connectivity index (χ1n) is 4.89. The van der Waals surface area contributed by atoms with Crippen molar-refractivity contribution in [3.05, 3.63) is 30.1 Å². The van der Waals surface area contributed by atoms with Crippen molar-refractivity contribution in [2.45, 2.75) is 19.3 Å². The Labute approximate surface area is 83.3 Å². The van der Waals surface area contributed by atoms with E-state index in [0.717, 1.165) is 18.4 Å². The molecule has 0 spiro atoms. The highest BCUT2D eigenvalue weighted by Gasteiger charge is 2.47. The summed E-state index contributed by atoms with van der Waals surface area (Å²) >= 11 is 0. The van der Waals surface area contributed by atoms with Crippen LogP contribution in [0.3, 0.4) is 0 Å². The van der Waals surface area contributed by atoms with Gasteiger partial charge in [0.15, 0.2) is 0 Å². The Kier molecular flexibility index (Phi) is 2.33. The molecule has 0 bridgehead atoms. The number of aromatic nitrogens is 1. The average Bonchev–Trinajstić information content (AvgIpc) is 3.00. The fourth-order valence-electron chi connectivity index (χ4n) is 1.62. The maximum Gasteiger partial charge on any atom is 0.144 e. The van der Waals surface area contributed by atoms with Crippen LogP contribution in [0.25, 0.3) is 0 Å².